The minimum absolute atomic E-state index is 0.0243. The monoisotopic (exact) mass is 336 g/mol. The second-order valence-electron chi connectivity index (χ2n) is 6.85. The van der Waals surface area contributed by atoms with Gasteiger partial charge in [0.1, 0.15) is 0 Å². The van der Waals surface area contributed by atoms with Gasteiger partial charge in [0, 0.05) is 31.5 Å². The number of aromatic amines is 1. The Morgan fingerprint density at radius 2 is 1.96 bits per heavy atom. The Morgan fingerprint density at radius 1 is 1.12 bits per heavy atom. The number of imidazole rings is 1. The molecule has 5 nitrogen and oxygen atoms in total. The minimum atomic E-state index is 0.0243. The molecular weight excluding hydrogens is 312 g/mol. The highest BCUT2D eigenvalue weighted by Crippen LogP contribution is 2.24. The van der Waals surface area contributed by atoms with Gasteiger partial charge in [-0.15, -0.1) is 0 Å². The maximum absolute atomic E-state index is 12.3. The molecule has 1 N–H and O–H groups in total. The van der Waals surface area contributed by atoms with Gasteiger partial charge >= 0.3 is 5.69 Å². The van der Waals surface area contributed by atoms with E-state index in [1.54, 1.807) is 0 Å². The lowest BCUT2D eigenvalue weighted by Crippen LogP contribution is -2.37. The van der Waals surface area contributed by atoms with Crippen LogP contribution in [0.2, 0.25) is 0 Å². The summed E-state index contributed by atoms with van der Waals surface area (Å²) in [5.41, 5.74) is 3.30. The third-order valence-electron chi connectivity index (χ3n) is 5.21. The highest BCUT2D eigenvalue weighted by molar-refractivity contribution is 5.75. The van der Waals surface area contributed by atoms with Crippen LogP contribution in [0.4, 0.5) is 0 Å². The molecule has 1 fully saturated rings. The second-order valence-corrected chi connectivity index (χ2v) is 6.85. The molecule has 0 saturated carbocycles. The zero-order chi connectivity index (χ0) is 17.1. The van der Waals surface area contributed by atoms with E-state index in [1.807, 2.05) is 47.3 Å². The van der Waals surface area contributed by atoms with Gasteiger partial charge < -0.3 is 9.88 Å². The molecule has 0 spiro atoms. The minimum Gasteiger partial charge on any atom is -0.306 e. The molecule has 130 valence electrons. The first kappa shape index (κ1) is 16.1. The summed E-state index contributed by atoms with van der Waals surface area (Å²) in [6.07, 6.45) is 8.08. The fourth-order valence-electron chi connectivity index (χ4n) is 3.89. The lowest BCUT2D eigenvalue weighted by Gasteiger charge is -2.32. The molecule has 0 aliphatic carbocycles. The third kappa shape index (κ3) is 3.51. The number of nitrogens with one attached hydrogen (secondary N) is 1. The zero-order valence-electron chi connectivity index (χ0n) is 14.4. The highest BCUT2D eigenvalue weighted by Gasteiger charge is 2.23. The number of benzene rings is 1. The van der Waals surface area contributed by atoms with Crippen LogP contribution in [-0.4, -0.2) is 39.1 Å². The van der Waals surface area contributed by atoms with E-state index in [0.29, 0.717) is 6.04 Å². The van der Waals surface area contributed by atoms with Crippen LogP contribution in [0.15, 0.2) is 53.6 Å². The van der Waals surface area contributed by atoms with Gasteiger partial charge in [0.05, 0.1) is 11.0 Å². The fourth-order valence-corrected chi connectivity index (χ4v) is 3.89. The van der Waals surface area contributed by atoms with Gasteiger partial charge in [-0.1, -0.05) is 18.2 Å². The Labute approximate surface area is 147 Å². The van der Waals surface area contributed by atoms with Crippen LogP contribution in [0.5, 0.6) is 0 Å². The van der Waals surface area contributed by atoms with E-state index >= 15 is 0 Å². The first-order valence-corrected chi connectivity index (χ1v) is 9.12. The van der Waals surface area contributed by atoms with Crippen LogP contribution >= 0.6 is 0 Å². The van der Waals surface area contributed by atoms with E-state index in [9.17, 15) is 4.79 Å². The molecule has 0 atom stereocenters. The largest absolute Gasteiger partial charge is 0.326 e. The lowest BCUT2D eigenvalue weighted by molar-refractivity contribution is 0.185. The number of aryl methyl sites for hydroxylation is 1. The maximum Gasteiger partial charge on any atom is 0.326 e. The summed E-state index contributed by atoms with van der Waals surface area (Å²) in [6, 6.07) is 12.4. The van der Waals surface area contributed by atoms with Gasteiger partial charge in [-0.3, -0.25) is 9.55 Å². The predicted octanol–water partition coefficient (Wildman–Crippen LogP) is 2.99. The molecule has 0 amide bonds. The molecule has 1 aliphatic rings. The van der Waals surface area contributed by atoms with Crippen LogP contribution in [0.3, 0.4) is 0 Å². The molecule has 5 heteroatoms. The highest BCUT2D eigenvalue weighted by atomic mass is 16.1. The summed E-state index contributed by atoms with van der Waals surface area (Å²) in [5.74, 6) is 0. The van der Waals surface area contributed by atoms with E-state index < -0.39 is 0 Å². The molecular formula is C20H24N4O. The van der Waals surface area contributed by atoms with Gasteiger partial charge in [-0.05, 0) is 56.0 Å². The lowest BCUT2D eigenvalue weighted by atomic mass is 10.0. The predicted molar refractivity (Wildman–Crippen MR) is 99.8 cm³/mol. The summed E-state index contributed by atoms with van der Waals surface area (Å²) >= 11 is 0. The molecule has 0 bridgehead atoms. The van der Waals surface area contributed by atoms with E-state index in [-0.39, 0.29) is 5.69 Å². The number of aromatic nitrogens is 3. The molecule has 1 saturated heterocycles. The number of H-pyrrole nitrogens is 1. The number of rotatable bonds is 5. The van der Waals surface area contributed by atoms with Gasteiger partial charge in [0.25, 0.3) is 0 Å². The second kappa shape index (κ2) is 7.23. The van der Waals surface area contributed by atoms with Crippen molar-refractivity contribution in [1.29, 1.82) is 0 Å². The maximum atomic E-state index is 12.3. The Kier molecular flexibility index (Phi) is 4.65. The van der Waals surface area contributed by atoms with Gasteiger partial charge in [0.15, 0.2) is 0 Å². The summed E-state index contributed by atoms with van der Waals surface area (Å²) in [7, 11) is 0. The molecule has 0 unspecified atom stereocenters. The molecule has 1 aliphatic heterocycles. The molecule has 1 aromatic carbocycles. The number of para-hydroxylation sites is 2. The van der Waals surface area contributed by atoms with Crippen LogP contribution < -0.4 is 5.69 Å². The van der Waals surface area contributed by atoms with E-state index in [1.165, 1.54) is 5.56 Å². The Balaban J connectivity index is 1.34. The third-order valence-corrected chi connectivity index (χ3v) is 5.21. The number of fused-ring (bicyclic) bond motifs is 1. The van der Waals surface area contributed by atoms with Gasteiger partial charge in [-0.25, -0.2) is 4.79 Å². The fraction of sp³-hybridized carbons (Fsp3) is 0.400. The van der Waals surface area contributed by atoms with Crippen molar-refractivity contribution in [3.8, 4) is 0 Å². The van der Waals surface area contributed by atoms with Gasteiger partial charge in [0.2, 0.25) is 0 Å². The zero-order valence-corrected chi connectivity index (χ0v) is 14.4. The normalized spacial score (nSPS) is 16.5. The summed E-state index contributed by atoms with van der Waals surface area (Å²) in [4.78, 5) is 22.0. The Hall–Kier alpha value is -2.40. The first-order chi connectivity index (χ1) is 12.3. The topological polar surface area (TPSA) is 53.9 Å². The number of hydrogen-bond donors (Lipinski definition) is 1. The molecule has 0 radical (unpaired) electrons. The van der Waals surface area contributed by atoms with Crippen molar-refractivity contribution in [1.82, 2.24) is 19.4 Å². The van der Waals surface area contributed by atoms with Crippen LogP contribution in [-0.2, 0) is 6.42 Å². The van der Waals surface area contributed by atoms with Crippen molar-refractivity contribution in [2.24, 2.45) is 0 Å². The number of piperidine rings is 1. The molecule has 25 heavy (non-hydrogen) atoms. The smallest absolute Gasteiger partial charge is 0.306 e. The van der Waals surface area contributed by atoms with Crippen molar-refractivity contribution in [3.05, 3.63) is 64.8 Å². The van der Waals surface area contributed by atoms with Crippen LogP contribution in [0.1, 0.15) is 30.9 Å². The Morgan fingerprint density at radius 3 is 2.76 bits per heavy atom. The van der Waals surface area contributed by atoms with E-state index in [2.05, 4.69) is 20.9 Å². The number of likely N-dealkylation sites (tertiary alicyclic amines) is 1. The van der Waals surface area contributed by atoms with Crippen LogP contribution in [0, 0.1) is 0 Å². The summed E-state index contributed by atoms with van der Waals surface area (Å²) < 4.78 is 1.96. The van der Waals surface area contributed by atoms with Crippen molar-refractivity contribution >= 4 is 11.0 Å². The molecule has 4 rings (SSSR count). The first-order valence-electron chi connectivity index (χ1n) is 9.12. The number of pyridine rings is 1. The quantitative estimate of drug-likeness (QED) is 0.779. The molecule has 2 aromatic heterocycles. The van der Waals surface area contributed by atoms with Crippen molar-refractivity contribution in [2.45, 2.75) is 31.7 Å². The van der Waals surface area contributed by atoms with E-state index in [4.69, 9.17) is 0 Å². The summed E-state index contributed by atoms with van der Waals surface area (Å²) in [6.45, 7) is 3.23. The Bertz CT molecular complexity index is 875. The van der Waals surface area contributed by atoms with Crippen molar-refractivity contribution < 1.29 is 0 Å². The average Bonchev–Trinajstić information content (AvgIpc) is 2.99. The number of nitrogens with zero attached hydrogens (tertiary/aromatic N) is 3. The van der Waals surface area contributed by atoms with Gasteiger partial charge in [-0.2, -0.15) is 0 Å². The summed E-state index contributed by atoms with van der Waals surface area (Å²) in [5, 5.41) is 0. The SMILES string of the molecule is O=c1[nH]c2ccccc2n1C1CCN(CCCc2cccnc2)CC1. The standard InChI is InChI=1S/C20H24N4O/c25-20-22-18-7-1-2-8-19(18)24(20)17-9-13-23(14-10-17)12-4-6-16-5-3-11-21-15-16/h1-3,5,7-8,11,15,17H,4,6,9-10,12-14H2,(H,22,25). The van der Waals surface area contributed by atoms with Crippen LogP contribution in [0.25, 0.3) is 11.0 Å². The molecule has 3 heterocycles. The average molecular weight is 336 g/mol. The van der Waals surface area contributed by atoms with Crippen molar-refractivity contribution in [3.63, 3.8) is 0 Å². The van der Waals surface area contributed by atoms with E-state index in [0.717, 1.165) is 56.4 Å². The van der Waals surface area contributed by atoms with Crippen molar-refractivity contribution in [2.75, 3.05) is 19.6 Å². The molecule has 3 aromatic rings. The number of hydrogen-bond acceptors (Lipinski definition) is 3.